The van der Waals surface area contributed by atoms with E-state index in [1.807, 2.05) is 18.2 Å². The fourth-order valence-electron chi connectivity index (χ4n) is 5.28. The van der Waals surface area contributed by atoms with Crippen LogP contribution in [0.1, 0.15) is 11.1 Å². The van der Waals surface area contributed by atoms with Gasteiger partial charge in [0.2, 0.25) is 17.7 Å². The molecule has 0 radical (unpaired) electrons. The van der Waals surface area contributed by atoms with Crippen LogP contribution in [-0.4, -0.2) is 54.0 Å². The number of benzene rings is 2. The van der Waals surface area contributed by atoms with Gasteiger partial charge in [0.05, 0.1) is 25.0 Å². The molecule has 2 aromatic rings. The summed E-state index contributed by atoms with van der Waals surface area (Å²) in [6.45, 7) is 0.398. The Hall–Kier alpha value is -3.23. The van der Waals surface area contributed by atoms with Crippen molar-refractivity contribution in [2.75, 3.05) is 25.6 Å². The van der Waals surface area contributed by atoms with Crippen molar-refractivity contribution in [3.63, 3.8) is 0 Å². The van der Waals surface area contributed by atoms with Gasteiger partial charge in [-0.2, -0.15) is 0 Å². The zero-order valence-electron chi connectivity index (χ0n) is 17.0. The lowest BCUT2D eigenvalue weighted by Gasteiger charge is -2.29. The lowest BCUT2D eigenvalue weighted by atomic mass is 9.76. The first kappa shape index (κ1) is 19.7. The van der Waals surface area contributed by atoms with Crippen molar-refractivity contribution in [2.24, 2.45) is 11.8 Å². The van der Waals surface area contributed by atoms with E-state index in [9.17, 15) is 19.5 Å². The Morgan fingerprint density at radius 1 is 1.06 bits per heavy atom. The average molecular weight is 421 g/mol. The molecular weight excluding hydrogens is 398 g/mol. The molecule has 2 aromatic carbocycles. The number of nitrogens with one attached hydrogen (secondary N) is 2. The minimum atomic E-state index is -1.29. The van der Waals surface area contributed by atoms with Crippen LogP contribution in [0, 0.1) is 11.8 Å². The van der Waals surface area contributed by atoms with E-state index in [0.717, 1.165) is 5.56 Å². The van der Waals surface area contributed by atoms with Crippen LogP contribution in [0.3, 0.4) is 0 Å². The summed E-state index contributed by atoms with van der Waals surface area (Å²) in [7, 11) is 1.52. The van der Waals surface area contributed by atoms with Gasteiger partial charge in [0, 0.05) is 24.4 Å². The Morgan fingerprint density at radius 2 is 1.81 bits per heavy atom. The molecule has 3 aliphatic heterocycles. The fourth-order valence-corrected chi connectivity index (χ4v) is 5.28. The van der Waals surface area contributed by atoms with E-state index in [0.29, 0.717) is 17.7 Å². The number of methoxy groups -OCH3 is 1. The number of imide groups is 1. The topological polar surface area (TPSA) is 108 Å². The SMILES string of the molecule is COCCN1C(=O)[C@@H]2[C@H](Cc3ccc(O)cc3)N[C@]3(C(=O)Nc4ccccc43)[C@@H]2C1=O. The van der Waals surface area contributed by atoms with E-state index in [4.69, 9.17) is 4.74 Å². The third-order valence-corrected chi connectivity index (χ3v) is 6.62. The highest BCUT2D eigenvalue weighted by molar-refractivity contribution is 6.15. The Morgan fingerprint density at radius 3 is 2.55 bits per heavy atom. The number of aromatic hydroxyl groups is 1. The first-order valence-electron chi connectivity index (χ1n) is 10.3. The third kappa shape index (κ3) is 2.79. The number of rotatable bonds is 5. The van der Waals surface area contributed by atoms with Crippen LogP contribution in [0.4, 0.5) is 5.69 Å². The van der Waals surface area contributed by atoms with Gasteiger partial charge in [-0.3, -0.25) is 24.6 Å². The van der Waals surface area contributed by atoms with Gasteiger partial charge in [-0.15, -0.1) is 0 Å². The number of anilines is 1. The summed E-state index contributed by atoms with van der Waals surface area (Å²) in [4.78, 5) is 41.3. The molecule has 0 aromatic heterocycles. The van der Waals surface area contributed by atoms with Crippen LogP contribution >= 0.6 is 0 Å². The van der Waals surface area contributed by atoms with Crippen molar-refractivity contribution >= 4 is 23.4 Å². The molecule has 8 heteroatoms. The Kier molecular flexibility index (Phi) is 4.56. The summed E-state index contributed by atoms with van der Waals surface area (Å²) in [6.07, 6.45) is 0.440. The minimum absolute atomic E-state index is 0.152. The number of hydrogen-bond donors (Lipinski definition) is 3. The molecule has 0 aliphatic carbocycles. The van der Waals surface area contributed by atoms with Crippen LogP contribution in [0.25, 0.3) is 0 Å². The molecule has 2 fully saturated rings. The van der Waals surface area contributed by atoms with Crippen LogP contribution in [0.2, 0.25) is 0 Å². The summed E-state index contributed by atoms with van der Waals surface area (Å²) in [5.74, 6) is -2.29. The second-order valence-corrected chi connectivity index (χ2v) is 8.25. The maximum absolute atomic E-state index is 13.5. The lowest BCUT2D eigenvalue weighted by molar-refractivity contribution is -0.143. The zero-order valence-corrected chi connectivity index (χ0v) is 17.0. The van der Waals surface area contributed by atoms with Gasteiger partial charge < -0.3 is 15.2 Å². The van der Waals surface area contributed by atoms with Gasteiger partial charge in [-0.05, 0) is 30.2 Å². The van der Waals surface area contributed by atoms with E-state index >= 15 is 0 Å². The standard InChI is InChI=1S/C23H23N3O5/c1-31-11-10-26-20(28)18-17(12-13-6-8-14(27)9-7-13)25-23(19(18)21(26)29)15-4-2-3-5-16(15)24-22(23)30/h2-9,17-19,25,27H,10-12H2,1H3,(H,24,30)/t17-,18+,19-,23-/m0/s1. The van der Waals surface area contributed by atoms with E-state index in [-0.39, 0.29) is 36.6 Å². The van der Waals surface area contributed by atoms with E-state index in [2.05, 4.69) is 10.6 Å². The van der Waals surface area contributed by atoms with Crippen molar-refractivity contribution < 1.29 is 24.2 Å². The molecule has 4 atom stereocenters. The zero-order chi connectivity index (χ0) is 21.8. The Balaban J connectivity index is 1.59. The second kappa shape index (κ2) is 7.18. The Labute approximate surface area is 179 Å². The number of likely N-dealkylation sites (tertiary alicyclic amines) is 1. The molecule has 160 valence electrons. The van der Waals surface area contributed by atoms with Crippen molar-refractivity contribution in [3.05, 3.63) is 59.7 Å². The number of carbonyl (C=O) groups excluding carboxylic acids is 3. The van der Waals surface area contributed by atoms with Gasteiger partial charge in [0.15, 0.2) is 0 Å². The number of nitrogens with zero attached hydrogens (tertiary/aromatic N) is 1. The maximum Gasteiger partial charge on any atom is 0.250 e. The molecule has 3 aliphatic rings. The molecular formula is C23H23N3O5. The molecule has 3 amide bonds. The minimum Gasteiger partial charge on any atom is -0.508 e. The molecule has 0 saturated carbocycles. The molecule has 3 N–H and O–H groups in total. The molecule has 0 bridgehead atoms. The number of hydrogen-bond acceptors (Lipinski definition) is 6. The highest BCUT2D eigenvalue weighted by Crippen LogP contribution is 2.53. The highest BCUT2D eigenvalue weighted by Gasteiger charge is 2.70. The largest absolute Gasteiger partial charge is 0.508 e. The van der Waals surface area contributed by atoms with Crippen molar-refractivity contribution in [2.45, 2.75) is 18.0 Å². The molecule has 0 unspecified atom stereocenters. The molecule has 8 nitrogen and oxygen atoms in total. The van der Waals surface area contributed by atoms with E-state index in [1.165, 1.54) is 12.0 Å². The smallest absolute Gasteiger partial charge is 0.250 e. The number of ether oxygens (including phenoxy) is 1. The van der Waals surface area contributed by atoms with Crippen molar-refractivity contribution in [1.82, 2.24) is 10.2 Å². The first-order chi connectivity index (χ1) is 15.0. The average Bonchev–Trinajstić information content (AvgIpc) is 3.33. The molecule has 5 rings (SSSR count). The molecule has 2 saturated heterocycles. The Bertz CT molecular complexity index is 1070. The number of para-hydroxylation sites is 1. The van der Waals surface area contributed by atoms with Crippen LogP contribution in [0.5, 0.6) is 5.75 Å². The monoisotopic (exact) mass is 421 g/mol. The fraction of sp³-hybridized carbons (Fsp3) is 0.348. The van der Waals surface area contributed by atoms with Crippen molar-refractivity contribution in [1.29, 1.82) is 0 Å². The number of amides is 3. The maximum atomic E-state index is 13.5. The van der Waals surface area contributed by atoms with Gasteiger partial charge in [0.25, 0.3) is 0 Å². The summed E-state index contributed by atoms with van der Waals surface area (Å²) in [6, 6.07) is 13.6. The predicted octanol–water partition coefficient (Wildman–Crippen LogP) is 1.00. The summed E-state index contributed by atoms with van der Waals surface area (Å²) >= 11 is 0. The third-order valence-electron chi connectivity index (χ3n) is 6.62. The predicted molar refractivity (Wildman–Crippen MR) is 111 cm³/mol. The lowest BCUT2D eigenvalue weighted by Crippen LogP contribution is -2.53. The van der Waals surface area contributed by atoms with Gasteiger partial charge in [-0.25, -0.2) is 0 Å². The van der Waals surface area contributed by atoms with E-state index in [1.54, 1.807) is 30.3 Å². The van der Waals surface area contributed by atoms with Crippen LogP contribution in [0.15, 0.2) is 48.5 Å². The molecule has 3 heterocycles. The quantitative estimate of drug-likeness (QED) is 0.622. The number of phenols is 1. The van der Waals surface area contributed by atoms with Gasteiger partial charge in [0.1, 0.15) is 11.3 Å². The summed E-state index contributed by atoms with van der Waals surface area (Å²) in [5, 5.41) is 15.9. The highest BCUT2D eigenvalue weighted by atomic mass is 16.5. The second-order valence-electron chi connectivity index (χ2n) is 8.25. The summed E-state index contributed by atoms with van der Waals surface area (Å²) < 4.78 is 5.09. The normalized spacial score (nSPS) is 28.9. The molecule has 1 spiro atoms. The van der Waals surface area contributed by atoms with Gasteiger partial charge in [-0.1, -0.05) is 30.3 Å². The van der Waals surface area contributed by atoms with Gasteiger partial charge >= 0.3 is 0 Å². The first-order valence-corrected chi connectivity index (χ1v) is 10.3. The number of phenolic OH excluding ortho intramolecular Hbond substituents is 1. The van der Waals surface area contributed by atoms with Crippen molar-refractivity contribution in [3.8, 4) is 5.75 Å². The van der Waals surface area contributed by atoms with Crippen LogP contribution < -0.4 is 10.6 Å². The van der Waals surface area contributed by atoms with E-state index < -0.39 is 23.4 Å². The number of carbonyl (C=O) groups is 3. The number of fused-ring (bicyclic) bond motifs is 4. The van der Waals surface area contributed by atoms with Crippen LogP contribution in [-0.2, 0) is 31.1 Å². The summed E-state index contributed by atoms with van der Waals surface area (Å²) in [5.41, 5.74) is 0.947. The molecule has 31 heavy (non-hydrogen) atoms.